The molecule has 1 heterocycles. The summed E-state index contributed by atoms with van der Waals surface area (Å²) in [6.07, 6.45) is 0. The van der Waals surface area contributed by atoms with Gasteiger partial charge in [-0.25, -0.2) is 4.98 Å². The molecule has 0 atom stereocenters. The smallest absolute Gasteiger partial charge is 0.281 e. The van der Waals surface area contributed by atoms with E-state index in [4.69, 9.17) is 16.3 Å². The second-order valence-electron chi connectivity index (χ2n) is 2.63. The summed E-state index contributed by atoms with van der Waals surface area (Å²) < 4.78 is 5.95. The average molecular weight is 228 g/mol. The highest BCUT2D eigenvalue weighted by Crippen LogP contribution is 2.26. The quantitative estimate of drug-likeness (QED) is 0.741. The molecular formula is C9H6ClNO2S. The first-order chi connectivity index (χ1) is 6.70. The predicted octanol–water partition coefficient (Wildman–Crippen LogP) is 2.68. The van der Waals surface area contributed by atoms with E-state index < -0.39 is 5.24 Å². The third-order valence-electron chi connectivity index (χ3n) is 1.76. The van der Waals surface area contributed by atoms with Gasteiger partial charge in [-0.1, -0.05) is 0 Å². The highest BCUT2D eigenvalue weighted by atomic mass is 35.5. The van der Waals surface area contributed by atoms with Gasteiger partial charge < -0.3 is 4.74 Å². The molecular weight excluding hydrogens is 222 g/mol. The second-order valence-corrected chi connectivity index (χ2v) is 4.00. The highest BCUT2D eigenvalue weighted by Gasteiger charge is 2.09. The fraction of sp³-hybridized carbons (Fsp3) is 0.111. The van der Waals surface area contributed by atoms with Crippen LogP contribution in [0.25, 0.3) is 10.2 Å². The number of rotatable bonds is 2. The van der Waals surface area contributed by atoms with E-state index >= 15 is 0 Å². The van der Waals surface area contributed by atoms with Gasteiger partial charge in [0.2, 0.25) is 0 Å². The van der Waals surface area contributed by atoms with E-state index in [1.807, 2.05) is 6.07 Å². The van der Waals surface area contributed by atoms with Crippen molar-refractivity contribution in [2.45, 2.75) is 0 Å². The summed E-state index contributed by atoms with van der Waals surface area (Å²) in [6, 6.07) is 5.43. The van der Waals surface area contributed by atoms with Crippen molar-refractivity contribution in [1.29, 1.82) is 0 Å². The molecule has 0 saturated carbocycles. The van der Waals surface area contributed by atoms with E-state index in [0.29, 0.717) is 5.01 Å². The highest BCUT2D eigenvalue weighted by molar-refractivity contribution is 7.21. The molecule has 2 aromatic rings. The molecule has 0 radical (unpaired) electrons. The van der Waals surface area contributed by atoms with Crippen LogP contribution in [-0.4, -0.2) is 17.3 Å². The minimum absolute atomic E-state index is 0.315. The Morgan fingerprint density at radius 1 is 1.57 bits per heavy atom. The van der Waals surface area contributed by atoms with Crippen molar-refractivity contribution in [3.63, 3.8) is 0 Å². The molecule has 14 heavy (non-hydrogen) atoms. The number of aromatic nitrogens is 1. The maximum absolute atomic E-state index is 10.9. The lowest BCUT2D eigenvalue weighted by molar-refractivity contribution is 0.108. The van der Waals surface area contributed by atoms with E-state index in [2.05, 4.69) is 4.98 Å². The van der Waals surface area contributed by atoms with Gasteiger partial charge in [0.15, 0.2) is 5.01 Å². The van der Waals surface area contributed by atoms with Crippen molar-refractivity contribution in [3.05, 3.63) is 23.2 Å². The number of carbonyl (C=O) groups excluding carboxylic acids is 1. The minimum atomic E-state index is -0.523. The van der Waals surface area contributed by atoms with E-state index in [0.717, 1.165) is 16.0 Å². The second kappa shape index (κ2) is 3.55. The maximum Gasteiger partial charge on any atom is 0.281 e. The monoisotopic (exact) mass is 227 g/mol. The molecule has 0 N–H and O–H groups in total. The Balaban J connectivity index is 2.60. The number of hydrogen-bond acceptors (Lipinski definition) is 4. The summed E-state index contributed by atoms with van der Waals surface area (Å²) >= 11 is 6.59. The Bertz CT molecular complexity index is 495. The van der Waals surface area contributed by atoms with Gasteiger partial charge in [-0.15, -0.1) is 11.3 Å². The molecule has 0 bridgehead atoms. The van der Waals surface area contributed by atoms with Gasteiger partial charge in [-0.2, -0.15) is 0 Å². The standard InChI is InChI=1S/C9H6ClNO2S/c1-13-5-2-3-6-7(4-5)14-9(11-6)8(10)12/h2-4H,1H3. The Labute approximate surface area is 89.3 Å². The van der Waals surface area contributed by atoms with Crippen molar-refractivity contribution in [3.8, 4) is 5.75 Å². The molecule has 72 valence electrons. The van der Waals surface area contributed by atoms with E-state index in [1.54, 1.807) is 19.2 Å². The fourth-order valence-corrected chi connectivity index (χ4v) is 2.10. The number of thiazole rings is 1. The SMILES string of the molecule is COc1ccc2nc(C(=O)Cl)sc2c1. The van der Waals surface area contributed by atoms with Crippen LogP contribution in [0.15, 0.2) is 18.2 Å². The van der Waals surface area contributed by atoms with Crippen LogP contribution in [0, 0.1) is 0 Å². The molecule has 0 unspecified atom stereocenters. The zero-order valence-electron chi connectivity index (χ0n) is 7.28. The molecule has 0 saturated heterocycles. The number of ether oxygens (including phenoxy) is 1. The number of hydrogen-bond donors (Lipinski definition) is 0. The maximum atomic E-state index is 10.9. The number of benzene rings is 1. The minimum Gasteiger partial charge on any atom is -0.497 e. The zero-order valence-corrected chi connectivity index (χ0v) is 8.85. The molecule has 1 aromatic heterocycles. The first-order valence-corrected chi connectivity index (χ1v) is 5.04. The average Bonchev–Trinajstić information content (AvgIpc) is 2.59. The van der Waals surface area contributed by atoms with Crippen molar-refractivity contribution in [2.24, 2.45) is 0 Å². The molecule has 0 amide bonds. The third kappa shape index (κ3) is 1.58. The summed E-state index contributed by atoms with van der Waals surface area (Å²) in [5, 5.41) is -0.208. The molecule has 0 aliphatic heterocycles. The van der Waals surface area contributed by atoms with Crippen molar-refractivity contribution in [1.82, 2.24) is 4.98 Å². The number of fused-ring (bicyclic) bond motifs is 1. The van der Waals surface area contributed by atoms with Crippen LogP contribution in [0.1, 0.15) is 9.80 Å². The summed E-state index contributed by atoms with van der Waals surface area (Å²) in [4.78, 5) is 14.9. The number of nitrogens with zero attached hydrogens (tertiary/aromatic N) is 1. The van der Waals surface area contributed by atoms with Gasteiger partial charge >= 0.3 is 0 Å². The van der Waals surface area contributed by atoms with Crippen molar-refractivity contribution >= 4 is 38.4 Å². The van der Waals surface area contributed by atoms with Gasteiger partial charge in [-0.3, -0.25) is 4.79 Å². The molecule has 3 nitrogen and oxygen atoms in total. The first-order valence-electron chi connectivity index (χ1n) is 3.85. The van der Waals surface area contributed by atoms with Gasteiger partial charge in [0.05, 0.1) is 17.3 Å². The molecule has 0 fully saturated rings. The van der Waals surface area contributed by atoms with Gasteiger partial charge in [-0.05, 0) is 29.8 Å². The van der Waals surface area contributed by atoms with Gasteiger partial charge in [0, 0.05) is 0 Å². The molecule has 0 spiro atoms. The van der Waals surface area contributed by atoms with E-state index in [9.17, 15) is 4.79 Å². The third-order valence-corrected chi connectivity index (χ3v) is 3.07. The number of halogens is 1. The van der Waals surface area contributed by atoms with Crippen LogP contribution in [-0.2, 0) is 0 Å². The first kappa shape index (κ1) is 9.43. The van der Waals surface area contributed by atoms with Crippen molar-refractivity contribution < 1.29 is 9.53 Å². The summed E-state index contributed by atoms with van der Waals surface area (Å²) in [5.41, 5.74) is 0.764. The Kier molecular flexibility index (Phi) is 2.39. The summed E-state index contributed by atoms with van der Waals surface area (Å²) in [6.45, 7) is 0. The lowest BCUT2D eigenvalue weighted by atomic mass is 10.3. The van der Waals surface area contributed by atoms with Crippen LogP contribution in [0.3, 0.4) is 0 Å². The van der Waals surface area contributed by atoms with Crippen LogP contribution >= 0.6 is 22.9 Å². The molecule has 0 aliphatic rings. The molecule has 1 aromatic carbocycles. The number of methoxy groups -OCH3 is 1. The lowest BCUT2D eigenvalue weighted by Crippen LogP contribution is -1.84. The molecule has 5 heteroatoms. The van der Waals surface area contributed by atoms with Crippen LogP contribution in [0.4, 0.5) is 0 Å². The van der Waals surface area contributed by atoms with Crippen LogP contribution in [0.5, 0.6) is 5.75 Å². The van der Waals surface area contributed by atoms with Gasteiger partial charge in [0.25, 0.3) is 5.24 Å². The summed E-state index contributed by atoms with van der Waals surface area (Å²) in [7, 11) is 1.59. The number of carbonyl (C=O) groups is 1. The van der Waals surface area contributed by atoms with E-state index in [-0.39, 0.29) is 0 Å². The zero-order chi connectivity index (χ0) is 10.1. The van der Waals surface area contributed by atoms with Crippen LogP contribution < -0.4 is 4.74 Å². The lowest BCUT2D eigenvalue weighted by Gasteiger charge is -1.96. The Hall–Kier alpha value is -1.13. The van der Waals surface area contributed by atoms with Crippen molar-refractivity contribution in [2.75, 3.05) is 7.11 Å². The van der Waals surface area contributed by atoms with E-state index in [1.165, 1.54) is 11.3 Å². The fourth-order valence-electron chi connectivity index (χ4n) is 1.12. The topological polar surface area (TPSA) is 39.2 Å². The Morgan fingerprint density at radius 2 is 2.36 bits per heavy atom. The summed E-state index contributed by atoms with van der Waals surface area (Å²) in [5.74, 6) is 0.745. The van der Waals surface area contributed by atoms with Gasteiger partial charge in [0.1, 0.15) is 5.75 Å². The van der Waals surface area contributed by atoms with Crippen LogP contribution in [0.2, 0.25) is 0 Å². The molecule has 0 aliphatic carbocycles. The largest absolute Gasteiger partial charge is 0.497 e. The molecule has 2 rings (SSSR count). The Morgan fingerprint density at radius 3 is 3.00 bits per heavy atom. The predicted molar refractivity (Wildman–Crippen MR) is 56.4 cm³/mol. The normalized spacial score (nSPS) is 10.4.